The normalized spacial score (nSPS) is 15.3. The maximum absolute atomic E-state index is 12.5. The van der Waals surface area contributed by atoms with Crippen LogP contribution in [0.5, 0.6) is 5.75 Å². The molecule has 6 nitrogen and oxygen atoms in total. The van der Waals surface area contributed by atoms with Gasteiger partial charge in [-0.05, 0) is 59.3 Å². The number of thioether (sulfide) groups is 1. The van der Waals surface area contributed by atoms with Crippen LogP contribution in [0.1, 0.15) is 11.1 Å². The number of methoxy groups -OCH3 is 1. The quantitative estimate of drug-likeness (QED) is 0.650. The predicted molar refractivity (Wildman–Crippen MR) is 119 cm³/mol. The Morgan fingerprint density at radius 2 is 1.93 bits per heavy atom. The minimum absolute atomic E-state index is 0.0986. The van der Waals surface area contributed by atoms with E-state index in [4.69, 9.17) is 16.3 Å². The summed E-state index contributed by atoms with van der Waals surface area (Å²) in [6.45, 7) is 0.258. The lowest BCUT2D eigenvalue weighted by Crippen LogP contribution is -2.36. The number of hydrogen-bond acceptors (Lipinski definition) is 5. The Bertz CT molecular complexity index is 1020. The molecular formula is C22H19ClN2O4S. The van der Waals surface area contributed by atoms with E-state index in [1.54, 1.807) is 61.7 Å². The average molecular weight is 443 g/mol. The number of benzene rings is 2. The Morgan fingerprint density at radius 1 is 1.17 bits per heavy atom. The number of ether oxygens (including phenoxy) is 1. The van der Waals surface area contributed by atoms with E-state index in [0.29, 0.717) is 15.7 Å². The van der Waals surface area contributed by atoms with Gasteiger partial charge < -0.3 is 10.1 Å². The fourth-order valence-corrected chi connectivity index (χ4v) is 3.74. The number of rotatable bonds is 7. The van der Waals surface area contributed by atoms with Crippen LogP contribution in [-0.4, -0.2) is 42.2 Å². The summed E-state index contributed by atoms with van der Waals surface area (Å²) in [5.74, 6) is 0.0145. The number of nitrogens with zero attached hydrogens (tertiary/aromatic N) is 1. The highest BCUT2D eigenvalue weighted by molar-refractivity contribution is 8.18. The topological polar surface area (TPSA) is 75.7 Å². The van der Waals surface area contributed by atoms with Crippen molar-refractivity contribution < 1.29 is 19.1 Å². The number of nitrogens with one attached hydrogen (secondary N) is 1. The molecule has 0 atom stereocenters. The Morgan fingerprint density at radius 3 is 2.63 bits per heavy atom. The molecule has 0 bridgehead atoms. The largest absolute Gasteiger partial charge is 0.497 e. The highest BCUT2D eigenvalue weighted by atomic mass is 35.5. The number of imide groups is 1. The first-order chi connectivity index (χ1) is 14.5. The van der Waals surface area contributed by atoms with Crippen molar-refractivity contribution in [2.45, 2.75) is 0 Å². The molecule has 2 aromatic rings. The molecule has 8 heteroatoms. The molecule has 1 heterocycles. The summed E-state index contributed by atoms with van der Waals surface area (Å²) >= 11 is 6.79. The van der Waals surface area contributed by atoms with Crippen molar-refractivity contribution in [2.75, 3.05) is 20.2 Å². The zero-order valence-corrected chi connectivity index (χ0v) is 17.7. The van der Waals surface area contributed by atoms with Gasteiger partial charge in [0.05, 0.1) is 12.0 Å². The van der Waals surface area contributed by atoms with Gasteiger partial charge >= 0.3 is 0 Å². The molecule has 1 saturated heterocycles. The molecule has 0 aromatic heterocycles. The minimum Gasteiger partial charge on any atom is -0.497 e. The van der Waals surface area contributed by atoms with Crippen molar-refractivity contribution >= 4 is 52.6 Å². The van der Waals surface area contributed by atoms with Gasteiger partial charge in [-0.3, -0.25) is 19.3 Å². The van der Waals surface area contributed by atoms with Gasteiger partial charge in [0.2, 0.25) is 5.91 Å². The van der Waals surface area contributed by atoms with Crippen molar-refractivity contribution in [3.05, 3.63) is 75.7 Å². The first-order valence-corrected chi connectivity index (χ1v) is 10.3. The minimum atomic E-state index is -0.371. The fraction of sp³-hybridized carbons (Fsp3) is 0.136. The third kappa shape index (κ3) is 5.75. The van der Waals surface area contributed by atoms with Crippen molar-refractivity contribution in [2.24, 2.45) is 0 Å². The van der Waals surface area contributed by atoms with Gasteiger partial charge in [0.25, 0.3) is 11.1 Å². The second-order valence-electron chi connectivity index (χ2n) is 6.29. The van der Waals surface area contributed by atoms with Crippen LogP contribution in [0.15, 0.2) is 59.5 Å². The summed E-state index contributed by atoms with van der Waals surface area (Å²) in [6.07, 6.45) is 4.68. The van der Waals surface area contributed by atoms with Gasteiger partial charge in [-0.25, -0.2) is 0 Å². The van der Waals surface area contributed by atoms with E-state index in [0.717, 1.165) is 27.8 Å². The van der Waals surface area contributed by atoms with E-state index < -0.39 is 0 Å². The molecule has 1 aliphatic rings. The van der Waals surface area contributed by atoms with E-state index >= 15 is 0 Å². The monoisotopic (exact) mass is 442 g/mol. The molecule has 1 aliphatic heterocycles. The number of carbonyl (C=O) groups is 3. The van der Waals surface area contributed by atoms with Gasteiger partial charge in [0, 0.05) is 24.2 Å². The fourth-order valence-electron chi connectivity index (χ4n) is 2.68. The van der Waals surface area contributed by atoms with Gasteiger partial charge in [0.15, 0.2) is 0 Å². The van der Waals surface area contributed by atoms with Gasteiger partial charge in [-0.2, -0.15) is 0 Å². The van der Waals surface area contributed by atoms with E-state index in [1.807, 2.05) is 6.07 Å². The Kier molecular flexibility index (Phi) is 7.32. The third-order valence-electron chi connectivity index (χ3n) is 4.20. The first-order valence-electron chi connectivity index (χ1n) is 9.07. The highest BCUT2D eigenvalue weighted by Gasteiger charge is 2.34. The molecular weight excluding hydrogens is 424 g/mol. The molecule has 2 aromatic carbocycles. The Balaban J connectivity index is 1.52. The van der Waals surface area contributed by atoms with Gasteiger partial charge in [-0.1, -0.05) is 35.9 Å². The maximum Gasteiger partial charge on any atom is 0.293 e. The van der Waals surface area contributed by atoms with E-state index in [2.05, 4.69) is 5.32 Å². The molecule has 0 saturated carbocycles. The molecule has 154 valence electrons. The molecule has 0 spiro atoms. The molecule has 3 rings (SSSR count). The number of amides is 3. The second-order valence-corrected chi connectivity index (χ2v) is 7.72. The van der Waals surface area contributed by atoms with Crippen LogP contribution in [0.2, 0.25) is 5.02 Å². The molecule has 1 N–H and O–H groups in total. The van der Waals surface area contributed by atoms with Crippen molar-refractivity contribution in [3.63, 3.8) is 0 Å². The molecule has 3 amide bonds. The van der Waals surface area contributed by atoms with Crippen LogP contribution < -0.4 is 10.1 Å². The predicted octanol–water partition coefficient (Wildman–Crippen LogP) is 4.21. The van der Waals surface area contributed by atoms with Crippen LogP contribution in [0.25, 0.3) is 12.2 Å². The maximum atomic E-state index is 12.5. The van der Waals surface area contributed by atoms with Gasteiger partial charge in [0.1, 0.15) is 5.75 Å². The standard InChI is InChI=1S/C22H19ClN2O4S/c1-29-18-8-5-16(6-9-18)14-19-21(27)25(22(28)30-19)12-11-24-20(26)10-7-15-3-2-4-17(23)13-15/h2-10,13-14H,11-12H2,1H3,(H,24,26)/b10-7+,19-14-. The zero-order valence-electron chi connectivity index (χ0n) is 16.1. The molecule has 0 unspecified atom stereocenters. The number of halogens is 1. The van der Waals surface area contributed by atoms with Crippen LogP contribution in [0, 0.1) is 0 Å². The number of hydrogen-bond donors (Lipinski definition) is 1. The van der Waals surface area contributed by atoms with Crippen LogP contribution in [0.4, 0.5) is 4.79 Å². The highest BCUT2D eigenvalue weighted by Crippen LogP contribution is 2.32. The summed E-state index contributed by atoms with van der Waals surface area (Å²) in [5, 5.41) is 2.89. The van der Waals surface area contributed by atoms with Crippen LogP contribution in [0.3, 0.4) is 0 Å². The lowest BCUT2D eigenvalue weighted by atomic mass is 10.2. The molecule has 0 radical (unpaired) electrons. The summed E-state index contributed by atoms with van der Waals surface area (Å²) in [4.78, 5) is 38.1. The molecule has 30 heavy (non-hydrogen) atoms. The smallest absolute Gasteiger partial charge is 0.293 e. The molecule has 0 aliphatic carbocycles. The van der Waals surface area contributed by atoms with E-state index in [1.165, 1.54) is 6.08 Å². The second kappa shape index (κ2) is 10.1. The average Bonchev–Trinajstić information content (AvgIpc) is 3.00. The Labute approximate surface area is 183 Å². The Hall–Kier alpha value is -3.03. The zero-order chi connectivity index (χ0) is 21.5. The van der Waals surface area contributed by atoms with Crippen molar-refractivity contribution in [1.82, 2.24) is 10.2 Å². The third-order valence-corrected chi connectivity index (χ3v) is 5.34. The van der Waals surface area contributed by atoms with Crippen molar-refractivity contribution in [3.8, 4) is 5.75 Å². The lowest BCUT2D eigenvalue weighted by molar-refractivity contribution is -0.123. The summed E-state index contributed by atoms with van der Waals surface area (Å²) in [5.41, 5.74) is 1.59. The van der Waals surface area contributed by atoms with Gasteiger partial charge in [-0.15, -0.1) is 0 Å². The lowest BCUT2D eigenvalue weighted by Gasteiger charge is -2.12. The molecule has 1 fully saturated rings. The summed E-state index contributed by atoms with van der Waals surface area (Å²) in [6, 6.07) is 14.3. The first kappa shape index (κ1) is 21.7. The van der Waals surface area contributed by atoms with Crippen LogP contribution in [-0.2, 0) is 9.59 Å². The summed E-state index contributed by atoms with van der Waals surface area (Å²) < 4.78 is 5.11. The van der Waals surface area contributed by atoms with E-state index in [9.17, 15) is 14.4 Å². The van der Waals surface area contributed by atoms with Crippen LogP contribution >= 0.6 is 23.4 Å². The van der Waals surface area contributed by atoms with E-state index in [-0.39, 0.29) is 30.1 Å². The van der Waals surface area contributed by atoms with Crippen molar-refractivity contribution in [1.29, 1.82) is 0 Å². The number of carbonyl (C=O) groups excluding carboxylic acids is 3. The summed E-state index contributed by atoms with van der Waals surface area (Å²) in [7, 11) is 1.58. The SMILES string of the molecule is COc1ccc(/C=C2\SC(=O)N(CCNC(=O)/C=C/c3cccc(Cl)c3)C2=O)cc1.